The summed E-state index contributed by atoms with van der Waals surface area (Å²) in [6.07, 6.45) is 0.250. The second-order valence-corrected chi connectivity index (χ2v) is 3.34. The normalized spacial score (nSPS) is 9.65. The van der Waals surface area contributed by atoms with Crippen molar-refractivity contribution in [3.05, 3.63) is 48.5 Å². The zero-order valence-electron chi connectivity index (χ0n) is 9.08. The van der Waals surface area contributed by atoms with Crippen molar-refractivity contribution >= 4 is 28.5 Å². The molecule has 0 spiro atoms. The lowest BCUT2D eigenvalue weighted by molar-refractivity contribution is -0.106. The van der Waals surface area contributed by atoms with E-state index in [9.17, 15) is 0 Å². The summed E-state index contributed by atoms with van der Waals surface area (Å²) in [6, 6.07) is 15.8. The van der Waals surface area contributed by atoms with Crippen LogP contribution in [0.3, 0.4) is 0 Å². The van der Waals surface area contributed by atoms with Crippen LogP contribution in [0.4, 0.5) is 0 Å². The first-order chi connectivity index (χ1) is 8.35. The van der Waals surface area contributed by atoms with Gasteiger partial charge in [0.2, 0.25) is 6.41 Å². The molecule has 3 rings (SSSR count). The molecule has 0 aliphatic carbocycles. The minimum atomic E-state index is 0.250. The van der Waals surface area contributed by atoms with Gasteiger partial charge in [0.1, 0.15) is 0 Å². The molecule has 17 heavy (non-hydrogen) atoms. The summed E-state index contributed by atoms with van der Waals surface area (Å²) in [5, 5.41) is 0. The molecule has 0 atom stereocenters. The Hall–Kier alpha value is -2.49. The van der Waals surface area contributed by atoms with Gasteiger partial charge >= 0.3 is 0 Å². The number of amides is 1. The summed E-state index contributed by atoms with van der Waals surface area (Å²) < 4.78 is 0. The van der Waals surface area contributed by atoms with Gasteiger partial charge in [0, 0.05) is 0 Å². The molecular weight excluding hydrogens is 214 g/mol. The summed E-state index contributed by atoms with van der Waals surface area (Å²) in [4.78, 5) is 17.6. The molecule has 0 radical (unpaired) electrons. The standard InChI is InChI=1S/C12H8N2.CH3NO/c1-2-6-10-9(5-1)13-11-7-3-4-8-12(11)14-10;2-1-3/h1-8H;1H,(H2,2,3). The maximum absolute atomic E-state index is 8.58. The van der Waals surface area contributed by atoms with Crippen molar-refractivity contribution in [1.82, 2.24) is 9.97 Å². The second-order valence-electron chi connectivity index (χ2n) is 3.34. The van der Waals surface area contributed by atoms with E-state index in [1.807, 2.05) is 48.5 Å². The van der Waals surface area contributed by atoms with E-state index in [1.165, 1.54) is 0 Å². The van der Waals surface area contributed by atoms with Gasteiger partial charge in [-0.2, -0.15) is 0 Å². The number of hydrogen-bond acceptors (Lipinski definition) is 3. The van der Waals surface area contributed by atoms with Crippen molar-refractivity contribution in [2.45, 2.75) is 0 Å². The molecule has 2 N–H and O–H groups in total. The van der Waals surface area contributed by atoms with E-state index >= 15 is 0 Å². The Morgan fingerprint density at radius 2 is 1.00 bits per heavy atom. The molecule has 4 heteroatoms. The molecule has 0 saturated carbocycles. The van der Waals surface area contributed by atoms with Crippen molar-refractivity contribution in [2.75, 3.05) is 0 Å². The number of hydrogen-bond donors (Lipinski definition) is 1. The van der Waals surface area contributed by atoms with E-state index in [0.717, 1.165) is 22.1 Å². The van der Waals surface area contributed by atoms with Crippen molar-refractivity contribution < 1.29 is 4.79 Å². The number of rotatable bonds is 0. The Morgan fingerprint density at radius 3 is 1.24 bits per heavy atom. The second kappa shape index (κ2) is 5.03. The maximum Gasteiger partial charge on any atom is 0.204 e. The van der Waals surface area contributed by atoms with Gasteiger partial charge in [0.25, 0.3) is 0 Å². The van der Waals surface area contributed by atoms with Crippen LogP contribution in [0.25, 0.3) is 22.1 Å². The van der Waals surface area contributed by atoms with Crippen LogP contribution in [0.2, 0.25) is 0 Å². The number of fused-ring (bicyclic) bond motifs is 2. The SMILES string of the molecule is NC=O.c1ccc2nc3ccccc3nc2c1. The Labute approximate surface area is 98.1 Å². The zero-order valence-corrected chi connectivity index (χ0v) is 9.08. The van der Waals surface area contributed by atoms with Gasteiger partial charge in [0.05, 0.1) is 22.1 Å². The summed E-state index contributed by atoms with van der Waals surface area (Å²) in [5.41, 5.74) is 7.97. The molecule has 84 valence electrons. The fourth-order valence-corrected chi connectivity index (χ4v) is 1.57. The number of benzene rings is 2. The van der Waals surface area contributed by atoms with E-state index < -0.39 is 0 Å². The van der Waals surface area contributed by atoms with E-state index in [-0.39, 0.29) is 6.41 Å². The highest BCUT2D eigenvalue weighted by molar-refractivity contribution is 5.85. The zero-order chi connectivity index (χ0) is 12.1. The largest absolute Gasteiger partial charge is 0.372 e. The highest BCUT2D eigenvalue weighted by atomic mass is 16.1. The van der Waals surface area contributed by atoms with Crippen LogP contribution in [-0.2, 0) is 4.79 Å². The van der Waals surface area contributed by atoms with Crippen molar-refractivity contribution in [3.8, 4) is 0 Å². The summed E-state index contributed by atoms with van der Waals surface area (Å²) in [7, 11) is 0. The van der Waals surface area contributed by atoms with Crippen LogP contribution in [0, 0.1) is 0 Å². The lowest BCUT2D eigenvalue weighted by Crippen LogP contribution is -1.85. The first-order valence-electron chi connectivity index (χ1n) is 5.12. The Morgan fingerprint density at radius 1 is 0.765 bits per heavy atom. The predicted molar refractivity (Wildman–Crippen MR) is 67.3 cm³/mol. The number of aromatic nitrogens is 2. The Balaban J connectivity index is 0.000000329. The van der Waals surface area contributed by atoms with Gasteiger partial charge in [0.15, 0.2) is 0 Å². The van der Waals surface area contributed by atoms with Gasteiger partial charge in [-0.3, -0.25) is 4.79 Å². The maximum atomic E-state index is 8.58. The number of carbonyl (C=O) groups excluding carboxylic acids is 1. The third-order valence-corrected chi connectivity index (χ3v) is 2.25. The third-order valence-electron chi connectivity index (χ3n) is 2.25. The van der Waals surface area contributed by atoms with Crippen LogP contribution in [0.1, 0.15) is 0 Å². The van der Waals surface area contributed by atoms with Crippen molar-refractivity contribution in [3.63, 3.8) is 0 Å². The number of para-hydroxylation sites is 4. The smallest absolute Gasteiger partial charge is 0.204 e. The Kier molecular flexibility index (Phi) is 3.25. The van der Waals surface area contributed by atoms with Gasteiger partial charge in [-0.15, -0.1) is 0 Å². The lowest BCUT2D eigenvalue weighted by Gasteiger charge is -1.98. The quantitative estimate of drug-likeness (QED) is 0.469. The van der Waals surface area contributed by atoms with E-state index in [0.29, 0.717) is 0 Å². The summed E-state index contributed by atoms with van der Waals surface area (Å²) in [6.45, 7) is 0. The molecule has 0 unspecified atom stereocenters. The molecule has 0 aliphatic heterocycles. The molecule has 0 saturated heterocycles. The monoisotopic (exact) mass is 225 g/mol. The molecule has 0 bridgehead atoms. The van der Waals surface area contributed by atoms with Crippen LogP contribution < -0.4 is 5.73 Å². The molecule has 4 nitrogen and oxygen atoms in total. The molecule has 3 aromatic rings. The lowest BCUT2D eigenvalue weighted by atomic mass is 10.2. The first kappa shape index (κ1) is 11.0. The van der Waals surface area contributed by atoms with Crippen LogP contribution in [-0.4, -0.2) is 16.4 Å². The summed E-state index contributed by atoms with van der Waals surface area (Å²) >= 11 is 0. The molecule has 0 aliphatic rings. The average molecular weight is 225 g/mol. The highest BCUT2D eigenvalue weighted by Crippen LogP contribution is 2.14. The average Bonchev–Trinajstić information content (AvgIpc) is 2.37. The highest BCUT2D eigenvalue weighted by Gasteiger charge is 1.98. The van der Waals surface area contributed by atoms with Gasteiger partial charge < -0.3 is 5.73 Å². The molecule has 1 heterocycles. The summed E-state index contributed by atoms with van der Waals surface area (Å²) in [5.74, 6) is 0. The molecule has 2 aromatic carbocycles. The molecule has 1 aromatic heterocycles. The van der Waals surface area contributed by atoms with Crippen LogP contribution >= 0.6 is 0 Å². The van der Waals surface area contributed by atoms with Crippen molar-refractivity contribution in [1.29, 1.82) is 0 Å². The Bertz CT molecular complexity index is 547. The third kappa shape index (κ3) is 2.36. The fourth-order valence-electron chi connectivity index (χ4n) is 1.57. The van der Waals surface area contributed by atoms with Gasteiger partial charge in [-0.05, 0) is 24.3 Å². The molecule has 1 amide bonds. The predicted octanol–water partition coefficient (Wildman–Crippen LogP) is 1.88. The number of primary amides is 1. The molecule has 0 fully saturated rings. The first-order valence-corrected chi connectivity index (χ1v) is 5.12. The van der Waals surface area contributed by atoms with Crippen LogP contribution in [0.15, 0.2) is 48.5 Å². The number of nitrogens with two attached hydrogens (primary N) is 1. The minimum Gasteiger partial charge on any atom is -0.372 e. The molecular formula is C13H11N3O. The van der Waals surface area contributed by atoms with Gasteiger partial charge in [-0.1, -0.05) is 24.3 Å². The minimum absolute atomic E-state index is 0.250. The number of carbonyl (C=O) groups is 1. The van der Waals surface area contributed by atoms with Crippen molar-refractivity contribution in [2.24, 2.45) is 5.73 Å². The van der Waals surface area contributed by atoms with E-state index in [2.05, 4.69) is 15.7 Å². The van der Waals surface area contributed by atoms with E-state index in [1.54, 1.807) is 0 Å². The topological polar surface area (TPSA) is 68.9 Å². The fraction of sp³-hybridized carbons (Fsp3) is 0. The van der Waals surface area contributed by atoms with Gasteiger partial charge in [-0.25, -0.2) is 9.97 Å². The van der Waals surface area contributed by atoms with E-state index in [4.69, 9.17) is 4.79 Å². The number of nitrogens with zero attached hydrogens (tertiary/aromatic N) is 2. The van der Waals surface area contributed by atoms with Crippen LogP contribution in [0.5, 0.6) is 0 Å².